The molecule has 0 aliphatic carbocycles. The molecule has 1 aromatic rings. The first-order valence-corrected chi connectivity index (χ1v) is 5.26. The van der Waals surface area contributed by atoms with E-state index in [1.807, 2.05) is 0 Å². The Morgan fingerprint density at radius 3 is 2.15 bits per heavy atom. The van der Waals surface area contributed by atoms with Crippen LogP contribution in [-0.2, 0) is 9.84 Å². The van der Waals surface area contributed by atoms with Gasteiger partial charge in [-0.05, 0) is 24.3 Å². The van der Waals surface area contributed by atoms with E-state index in [1.54, 1.807) is 0 Å². The van der Waals surface area contributed by atoms with E-state index >= 15 is 0 Å². The second kappa shape index (κ2) is 3.40. The summed E-state index contributed by atoms with van der Waals surface area (Å²) in [6, 6.07) is 5.76. The monoisotopic (exact) mass is 217 g/mol. The van der Waals surface area contributed by atoms with E-state index in [4.69, 9.17) is 17.3 Å². The van der Waals surface area contributed by atoms with E-state index in [-0.39, 0.29) is 4.90 Å². The summed E-state index contributed by atoms with van der Waals surface area (Å²) in [6.07, 6.45) is 0. The minimum absolute atomic E-state index is 0.0988. The van der Waals surface area contributed by atoms with Gasteiger partial charge in [-0.3, -0.25) is 0 Å². The van der Waals surface area contributed by atoms with Crippen molar-refractivity contribution in [1.29, 1.82) is 0 Å². The molecule has 0 spiro atoms. The lowest BCUT2D eigenvalue weighted by molar-refractivity contribution is 0.604. The van der Waals surface area contributed by atoms with E-state index < -0.39 is 14.2 Å². The van der Waals surface area contributed by atoms with Crippen LogP contribution in [0, 0.1) is 0 Å². The SMILES string of the molecule is C=C(Cl)S(=O)(=O)c1ccc(N)cc1. The Morgan fingerprint density at radius 1 is 1.31 bits per heavy atom. The Kier molecular flexibility index (Phi) is 2.63. The molecule has 13 heavy (non-hydrogen) atoms. The zero-order valence-corrected chi connectivity index (χ0v) is 8.27. The van der Waals surface area contributed by atoms with Gasteiger partial charge >= 0.3 is 0 Å². The molecule has 0 aliphatic rings. The molecule has 0 fully saturated rings. The average Bonchev–Trinajstić information content (AvgIpc) is 2.04. The highest BCUT2D eigenvalue weighted by Gasteiger charge is 2.16. The van der Waals surface area contributed by atoms with Gasteiger partial charge in [-0.2, -0.15) is 0 Å². The number of nitrogen functional groups attached to an aromatic ring is 1. The summed E-state index contributed by atoms with van der Waals surface area (Å²) in [5.41, 5.74) is 5.90. The van der Waals surface area contributed by atoms with E-state index in [1.165, 1.54) is 24.3 Å². The van der Waals surface area contributed by atoms with Crippen LogP contribution in [0.25, 0.3) is 0 Å². The van der Waals surface area contributed by atoms with Gasteiger partial charge < -0.3 is 5.73 Å². The van der Waals surface area contributed by atoms with Crippen LogP contribution >= 0.6 is 11.6 Å². The summed E-state index contributed by atoms with van der Waals surface area (Å²) in [6.45, 7) is 3.17. The van der Waals surface area contributed by atoms with Crippen molar-refractivity contribution in [1.82, 2.24) is 0 Å². The lowest BCUT2D eigenvalue weighted by Crippen LogP contribution is -1.99. The van der Waals surface area contributed by atoms with Gasteiger partial charge in [0, 0.05) is 5.69 Å². The lowest BCUT2D eigenvalue weighted by atomic mass is 10.3. The van der Waals surface area contributed by atoms with E-state index in [0.29, 0.717) is 5.69 Å². The number of sulfone groups is 1. The quantitative estimate of drug-likeness (QED) is 0.768. The molecule has 2 N–H and O–H groups in total. The molecule has 0 aromatic heterocycles. The van der Waals surface area contributed by atoms with Gasteiger partial charge in [0.1, 0.15) is 4.36 Å². The molecule has 0 radical (unpaired) electrons. The molecule has 0 saturated heterocycles. The zero-order valence-electron chi connectivity index (χ0n) is 6.70. The predicted molar refractivity (Wildman–Crippen MR) is 53.0 cm³/mol. The normalized spacial score (nSPS) is 11.2. The molecular weight excluding hydrogens is 210 g/mol. The summed E-state index contributed by atoms with van der Waals surface area (Å²) in [7, 11) is -3.58. The maximum atomic E-state index is 11.4. The first-order valence-electron chi connectivity index (χ1n) is 3.39. The maximum Gasteiger partial charge on any atom is 0.216 e. The van der Waals surface area contributed by atoms with Gasteiger partial charge in [0.25, 0.3) is 0 Å². The molecule has 0 saturated carbocycles. The highest BCUT2D eigenvalue weighted by Crippen LogP contribution is 2.21. The summed E-state index contributed by atoms with van der Waals surface area (Å²) in [4.78, 5) is 0.0988. The van der Waals surface area contributed by atoms with Crippen molar-refractivity contribution in [2.24, 2.45) is 0 Å². The molecule has 0 unspecified atom stereocenters. The molecular formula is C8H8ClNO2S. The third kappa shape index (κ3) is 2.02. The van der Waals surface area contributed by atoms with Crippen molar-refractivity contribution in [2.75, 3.05) is 5.73 Å². The van der Waals surface area contributed by atoms with E-state index in [0.717, 1.165) is 0 Å². The number of hydrogen-bond acceptors (Lipinski definition) is 3. The highest BCUT2D eigenvalue weighted by molar-refractivity contribution is 7.96. The minimum atomic E-state index is -3.58. The fraction of sp³-hybridized carbons (Fsp3) is 0. The number of anilines is 1. The van der Waals surface area contributed by atoms with Crippen molar-refractivity contribution >= 4 is 27.1 Å². The van der Waals surface area contributed by atoms with Crippen molar-refractivity contribution in [3.8, 4) is 0 Å². The topological polar surface area (TPSA) is 60.2 Å². The predicted octanol–water partition coefficient (Wildman–Crippen LogP) is 1.75. The van der Waals surface area contributed by atoms with Gasteiger partial charge in [0.05, 0.1) is 4.90 Å². The van der Waals surface area contributed by atoms with Crippen LogP contribution in [-0.4, -0.2) is 8.42 Å². The molecule has 0 heterocycles. The molecule has 1 aromatic carbocycles. The Morgan fingerprint density at radius 2 is 1.77 bits per heavy atom. The van der Waals surface area contributed by atoms with Gasteiger partial charge in [-0.25, -0.2) is 8.42 Å². The molecule has 0 amide bonds. The molecule has 70 valence electrons. The van der Waals surface area contributed by atoms with Crippen LogP contribution in [0.3, 0.4) is 0 Å². The van der Waals surface area contributed by atoms with Crippen molar-refractivity contribution in [2.45, 2.75) is 4.90 Å². The molecule has 1 rings (SSSR count). The summed E-state index contributed by atoms with van der Waals surface area (Å²) >= 11 is 5.33. The number of benzene rings is 1. The van der Waals surface area contributed by atoms with Crippen LogP contribution in [0.4, 0.5) is 5.69 Å². The second-order valence-electron chi connectivity index (χ2n) is 2.43. The largest absolute Gasteiger partial charge is 0.399 e. The minimum Gasteiger partial charge on any atom is -0.399 e. The van der Waals surface area contributed by atoms with Gasteiger partial charge in [0.15, 0.2) is 0 Å². The van der Waals surface area contributed by atoms with Gasteiger partial charge in [0.2, 0.25) is 9.84 Å². The summed E-state index contributed by atoms with van der Waals surface area (Å²) < 4.78 is 22.4. The van der Waals surface area contributed by atoms with Crippen molar-refractivity contribution in [3.05, 3.63) is 35.2 Å². The summed E-state index contributed by atoms with van der Waals surface area (Å²) in [5.74, 6) is 0. The first kappa shape index (κ1) is 10.1. The second-order valence-corrected chi connectivity index (χ2v) is 5.08. The highest BCUT2D eigenvalue weighted by atomic mass is 35.5. The smallest absolute Gasteiger partial charge is 0.216 e. The number of nitrogens with two attached hydrogens (primary N) is 1. The van der Waals surface area contributed by atoms with Crippen LogP contribution in [0.1, 0.15) is 0 Å². The average molecular weight is 218 g/mol. The fourth-order valence-corrected chi connectivity index (χ4v) is 1.79. The van der Waals surface area contributed by atoms with Crippen molar-refractivity contribution < 1.29 is 8.42 Å². The molecule has 3 nitrogen and oxygen atoms in total. The number of rotatable bonds is 2. The van der Waals surface area contributed by atoms with Crippen molar-refractivity contribution in [3.63, 3.8) is 0 Å². The number of hydrogen-bond donors (Lipinski definition) is 1. The van der Waals surface area contributed by atoms with E-state index in [9.17, 15) is 8.42 Å². The molecule has 5 heteroatoms. The third-order valence-electron chi connectivity index (χ3n) is 1.48. The molecule has 0 bridgehead atoms. The van der Waals surface area contributed by atoms with Crippen LogP contribution in [0.2, 0.25) is 0 Å². The maximum absolute atomic E-state index is 11.4. The van der Waals surface area contributed by atoms with Crippen LogP contribution < -0.4 is 5.73 Å². The Bertz CT molecular complexity index is 422. The third-order valence-corrected chi connectivity index (χ3v) is 3.57. The van der Waals surface area contributed by atoms with Gasteiger partial charge in [-0.1, -0.05) is 18.2 Å². The Balaban J connectivity index is 3.25. The summed E-state index contributed by atoms with van der Waals surface area (Å²) in [5, 5.41) is 0. The number of halogens is 1. The first-order chi connectivity index (χ1) is 5.94. The van der Waals surface area contributed by atoms with Crippen LogP contribution in [0.5, 0.6) is 0 Å². The molecule has 0 atom stereocenters. The molecule has 0 aliphatic heterocycles. The van der Waals surface area contributed by atoms with Gasteiger partial charge in [-0.15, -0.1) is 0 Å². The van der Waals surface area contributed by atoms with Crippen LogP contribution in [0.15, 0.2) is 40.1 Å². The van der Waals surface area contributed by atoms with E-state index in [2.05, 4.69) is 6.58 Å². The lowest BCUT2D eigenvalue weighted by Gasteiger charge is -2.01. The fourth-order valence-electron chi connectivity index (χ4n) is 0.775. The Hall–Kier alpha value is -1.00. The Labute approximate surface area is 81.7 Å². The standard InChI is InChI=1S/C8H8ClNO2S/c1-6(9)13(11,12)8-4-2-7(10)3-5-8/h2-5H,1,10H2. The zero-order chi connectivity index (χ0) is 10.1.